The van der Waals surface area contributed by atoms with E-state index in [9.17, 15) is 4.79 Å². The van der Waals surface area contributed by atoms with Crippen molar-refractivity contribution in [2.75, 3.05) is 10.7 Å². The minimum atomic E-state index is -0.127. The van der Waals surface area contributed by atoms with Crippen molar-refractivity contribution in [3.63, 3.8) is 0 Å². The van der Waals surface area contributed by atoms with Gasteiger partial charge in [0.1, 0.15) is 0 Å². The molecule has 0 spiro atoms. The van der Waals surface area contributed by atoms with Crippen LogP contribution in [-0.2, 0) is 4.79 Å². The van der Waals surface area contributed by atoms with E-state index in [2.05, 4.69) is 19.3 Å². The standard InChI is InChI=1S/C12H17N3O/c1-3-12(2)8-11(16)15(14-12)10-6-4-9(13)5-7-10/h4-7,14H,3,8,13H2,1-2H3. The molecule has 1 aromatic carbocycles. The maximum Gasteiger partial charge on any atom is 0.243 e. The van der Waals surface area contributed by atoms with Crippen molar-refractivity contribution in [3.8, 4) is 0 Å². The van der Waals surface area contributed by atoms with Gasteiger partial charge in [-0.15, -0.1) is 0 Å². The highest BCUT2D eigenvalue weighted by Crippen LogP contribution is 2.27. The van der Waals surface area contributed by atoms with Crippen LogP contribution in [0.15, 0.2) is 24.3 Å². The molecule has 1 aliphatic heterocycles. The second-order valence-electron chi connectivity index (χ2n) is 4.52. The highest BCUT2D eigenvalue weighted by atomic mass is 16.2. The van der Waals surface area contributed by atoms with Crippen LogP contribution in [0.2, 0.25) is 0 Å². The molecule has 1 atom stereocenters. The van der Waals surface area contributed by atoms with E-state index in [4.69, 9.17) is 5.73 Å². The zero-order valence-corrected chi connectivity index (χ0v) is 9.66. The Bertz CT molecular complexity index is 401. The number of hydrogen-bond donors (Lipinski definition) is 2. The number of nitrogens with one attached hydrogen (secondary N) is 1. The van der Waals surface area contributed by atoms with Gasteiger partial charge in [0.15, 0.2) is 0 Å². The number of carbonyl (C=O) groups is 1. The average molecular weight is 219 g/mol. The van der Waals surface area contributed by atoms with Crippen LogP contribution in [0.25, 0.3) is 0 Å². The number of nitrogen functional groups attached to an aromatic ring is 1. The fourth-order valence-electron chi connectivity index (χ4n) is 1.82. The SMILES string of the molecule is CCC1(C)CC(=O)N(c2ccc(N)cc2)N1. The number of hydrogen-bond acceptors (Lipinski definition) is 3. The Morgan fingerprint density at radius 3 is 2.56 bits per heavy atom. The molecule has 4 heteroatoms. The minimum absolute atomic E-state index is 0.106. The third kappa shape index (κ3) is 1.88. The van der Waals surface area contributed by atoms with Gasteiger partial charge in [0.2, 0.25) is 5.91 Å². The van der Waals surface area contributed by atoms with Crippen molar-refractivity contribution >= 4 is 17.3 Å². The molecule has 1 aromatic rings. The molecule has 16 heavy (non-hydrogen) atoms. The molecule has 1 saturated heterocycles. The Hall–Kier alpha value is -1.55. The van der Waals surface area contributed by atoms with Gasteiger partial charge in [-0.3, -0.25) is 4.79 Å². The van der Waals surface area contributed by atoms with E-state index in [1.54, 1.807) is 17.1 Å². The summed E-state index contributed by atoms with van der Waals surface area (Å²) >= 11 is 0. The fourth-order valence-corrected chi connectivity index (χ4v) is 1.82. The van der Waals surface area contributed by atoms with Crippen molar-refractivity contribution in [3.05, 3.63) is 24.3 Å². The largest absolute Gasteiger partial charge is 0.399 e. The van der Waals surface area contributed by atoms with Crippen molar-refractivity contribution in [1.29, 1.82) is 0 Å². The van der Waals surface area contributed by atoms with Gasteiger partial charge in [-0.1, -0.05) is 6.92 Å². The van der Waals surface area contributed by atoms with Gasteiger partial charge in [-0.25, -0.2) is 10.4 Å². The monoisotopic (exact) mass is 219 g/mol. The van der Waals surface area contributed by atoms with Gasteiger partial charge < -0.3 is 5.73 Å². The molecule has 1 fully saturated rings. The molecule has 86 valence electrons. The van der Waals surface area contributed by atoms with E-state index < -0.39 is 0 Å². The van der Waals surface area contributed by atoms with Crippen LogP contribution in [0.1, 0.15) is 26.7 Å². The molecular formula is C12H17N3O. The second kappa shape index (κ2) is 3.79. The predicted molar refractivity (Wildman–Crippen MR) is 64.8 cm³/mol. The number of hydrazine groups is 1. The third-order valence-electron chi connectivity index (χ3n) is 3.10. The average Bonchev–Trinajstić information content (AvgIpc) is 2.57. The summed E-state index contributed by atoms with van der Waals surface area (Å²) in [7, 11) is 0. The molecule has 0 saturated carbocycles. The third-order valence-corrected chi connectivity index (χ3v) is 3.10. The first-order valence-electron chi connectivity index (χ1n) is 5.50. The van der Waals surface area contributed by atoms with E-state index >= 15 is 0 Å². The Morgan fingerprint density at radius 1 is 1.44 bits per heavy atom. The molecular weight excluding hydrogens is 202 g/mol. The number of rotatable bonds is 2. The number of nitrogens with zero attached hydrogens (tertiary/aromatic N) is 1. The fraction of sp³-hybridized carbons (Fsp3) is 0.417. The number of amides is 1. The zero-order chi connectivity index (χ0) is 11.8. The summed E-state index contributed by atoms with van der Waals surface area (Å²) in [5.74, 6) is 0.106. The van der Waals surface area contributed by atoms with E-state index in [0.29, 0.717) is 12.1 Å². The van der Waals surface area contributed by atoms with Crippen LogP contribution in [0.4, 0.5) is 11.4 Å². The Morgan fingerprint density at radius 2 is 2.06 bits per heavy atom. The van der Waals surface area contributed by atoms with Gasteiger partial charge in [0, 0.05) is 17.6 Å². The lowest BCUT2D eigenvalue weighted by atomic mass is 9.97. The summed E-state index contributed by atoms with van der Waals surface area (Å²) in [6, 6.07) is 7.29. The van der Waals surface area contributed by atoms with Crippen molar-refractivity contribution in [2.24, 2.45) is 0 Å². The number of benzene rings is 1. The van der Waals surface area contributed by atoms with Crippen LogP contribution in [0, 0.1) is 0 Å². The van der Waals surface area contributed by atoms with Crippen LogP contribution in [-0.4, -0.2) is 11.4 Å². The summed E-state index contributed by atoms with van der Waals surface area (Å²) in [5, 5.41) is 1.61. The lowest BCUT2D eigenvalue weighted by Crippen LogP contribution is -2.44. The van der Waals surface area contributed by atoms with Crippen LogP contribution >= 0.6 is 0 Å². The van der Waals surface area contributed by atoms with Gasteiger partial charge >= 0.3 is 0 Å². The Balaban J connectivity index is 2.23. The number of anilines is 2. The summed E-state index contributed by atoms with van der Waals surface area (Å²) < 4.78 is 0. The molecule has 1 amide bonds. The van der Waals surface area contributed by atoms with Gasteiger partial charge in [-0.2, -0.15) is 0 Å². The van der Waals surface area contributed by atoms with Crippen LogP contribution < -0.4 is 16.2 Å². The molecule has 2 rings (SSSR count). The van der Waals surface area contributed by atoms with Crippen molar-refractivity contribution in [1.82, 2.24) is 5.43 Å². The lowest BCUT2D eigenvalue weighted by molar-refractivity contribution is -0.117. The van der Waals surface area contributed by atoms with Crippen LogP contribution in [0.3, 0.4) is 0 Å². The summed E-state index contributed by atoms with van der Waals surface area (Å²) in [4.78, 5) is 11.9. The maximum absolute atomic E-state index is 11.9. The highest BCUT2D eigenvalue weighted by Gasteiger charge is 2.38. The molecule has 3 N–H and O–H groups in total. The molecule has 0 bridgehead atoms. The quantitative estimate of drug-likeness (QED) is 0.744. The normalized spacial score (nSPS) is 25.1. The summed E-state index contributed by atoms with van der Waals surface area (Å²) in [5.41, 5.74) is 10.3. The van der Waals surface area contributed by atoms with E-state index in [-0.39, 0.29) is 11.4 Å². The molecule has 1 heterocycles. The topological polar surface area (TPSA) is 58.4 Å². The van der Waals surface area contributed by atoms with E-state index in [1.165, 1.54) is 0 Å². The number of nitrogens with two attached hydrogens (primary N) is 1. The minimum Gasteiger partial charge on any atom is -0.399 e. The van der Waals surface area contributed by atoms with Crippen molar-refractivity contribution < 1.29 is 4.79 Å². The van der Waals surface area contributed by atoms with E-state index in [0.717, 1.165) is 12.1 Å². The second-order valence-corrected chi connectivity index (χ2v) is 4.52. The molecule has 0 aromatic heterocycles. The van der Waals surface area contributed by atoms with Crippen LogP contribution in [0.5, 0.6) is 0 Å². The first kappa shape index (κ1) is 11.0. The maximum atomic E-state index is 11.9. The van der Waals surface area contributed by atoms with E-state index in [1.807, 2.05) is 12.1 Å². The smallest absolute Gasteiger partial charge is 0.243 e. The molecule has 1 aliphatic rings. The zero-order valence-electron chi connectivity index (χ0n) is 9.66. The highest BCUT2D eigenvalue weighted by molar-refractivity contribution is 5.95. The molecule has 1 unspecified atom stereocenters. The molecule has 0 radical (unpaired) electrons. The van der Waals surface area contributed by atoms with Gasteiger partial charge in [-0.05, 0) is 37.6 Å². The lowest BCUT2D eigenvalue weighted by Gasteiger charge is -2.24. The summed E-state index contributed by atoms with van der Waals surface area (Å²) in [6.45, 7) is 4.13. The summed E-state index contributed by atoms with van der Waals surface area (Å²) in [6.07, 6.45) is 1.46. The first-order valence-corrected chi connectivity index (χ1v) is 5.50. The number of carbonyl (C=O) groups excluding carboxylic acids is 1. The van der Waals surface area contributed by atoms with Gasteiger partial charge in [0.25, 0.3) is 0 Å². The molecule has 0 aliphatic carbocycles. The first-order chi connectivity index (χ1) is 7.54. The van der Waals surface area contributed by atoms with Crippen molar-refractivity contribution in [2.45, 2.75) is 32.2 Å². The predicted octanol–water partition coefficient (Wildman–Crippen LogP) is 1.68. The Labute approximate surface area is 95.4 Å². The Kier molecular flexibility index (Phi) is 2.59. The van der Waals surface area contributed by atoms with Gasteiger partial charge in [0.05, 0.1) is 5.69 Å². The molecule has 4 nitrogen and oxygen atoms in total.